The average molecular weight is 422 g/mol. The van der Waals surface area contributed by atoms with Gasteiger partial charge in [0, 0.05) is 5.92 Å². The first-order chi connectivity index (χ1) is 14.2. The molecule has 160 valence electrons. The molecule has 1 fully saturated rings. The summed E-state index contributed by atoms with van der Waals surface area (Å²) in [5, 5.41) is 0. The summed E-state index contributed by atoms with van der Waals surface area (Å²) in [4.78, 5) is 0. The molecule has 1 nitrogen and oxygen atoms in total. The third-order valence-corrected chi connectivity index (χ3v) is 5.35. The molecular formula is C24H23F5O. The molecular weight excluding hydrogens is 399 g/mol. The van der Waals surface area contributed by atoms with Gasteiger partial charge in [0.15, 0.2) is 0 Å². The van der Waals surface area contributed by atoms with Crippen LogP contribution in [0, 0.1) is 29.4 Å². The van der Waals surface area contributed by atoms with Crippen molar-refractivity contribution in [3.8, 4) is 17.6 Å². The molecule has 1 aliphatic carbocycles. The SMILES string of the molecule is CCCc1cc(F)c(C#C[C@H]2CC[C@H](c3ccc(OC(F)(F)F)cc3)CC2)c(F)c1. The highest BCUT2D eigenvalue weighted by atomic mass is 19.4. The predicted octanol–water partition coefficient (Wildman–Crippen LogP) is 7.14. The Morgan fingerprint density at radius 1 is 0.967 bits per heavy atom. The van der Waals surface area contributed by atoms with Crippen molar-refractivity contribution < 1.29 is 26.7 Å². The molecule has 0 spiro atoms. The van der Waals surface area contributed by atoms with E-state index in [2.05, 4.69) is 16.6 Å². The normalized spacial score (nSPS) is 19.1. The Bertz CT molecular complexity index is 890. The second kappa shape index (κ2) is 9.51. The van der Waals surface area contributed by atoms with Gasteiger partial charge < -0.3 is 4.74 Å². The number of benzene rings is 2. The van der Waals surface area contributed by atoms with Crippen molar-refractivity contribution in [3.63, 3.8) is 0 Å². The van der Waals surface area contributed by atoms with E-state index in [-0.39, 0.29) is 23.1 Å². The molecule has 30 heavy (non-hydrogen) atoms. The van der Waals surface area contributed by atoms with Gasteiger partial charge in [-0.3, -0.25) is 0 Å². The van der Waals surface area contributed by atoms with Gasteiger partial charge >= 0.3 is 6.36 Å². The summed E-state index contributed by atoms with van der Waals surface area (Å²) in [5.41, 5.74) is 1.40. The summed E-state index contributed by atoms with van der Waals surface area (Å²) >= 11 is 0. The predicted molar refractivity (Wildman–Crippen MR) is 105 cm³/mol. The molecule has 0 aliphatic heterocycles. The van der Waals surface area contributed by atoms with Crippen LogP contribution in [0.2, 0.25) is 0 Å². The molecule has 2 aromatic rings. The third kappa shape index (κ3) is 5.98. The maximum absolute atomic E-state index is 14.2. The Labute approximate surface area is 173 Å². The molecule has 3 rings (SSSR count). The van der Waals surface area contributed by atoms with Gasteiger partial charge in [0.1, 0.15) is 17.4 Å². The monoisotopic (exact) mass is 422 g/mol. The molecule has 2 aromatic carbocycles. The van der Waals surface area contributed by atoms with Crippen molar-refractivity contribution >= 4 is 0 Å². The number of hydrogen-bond acceptors (Lipinski definition) is 1. The molecule has 0 aromatic heterocycles. The van der Waals surface area contributed by atoms with E-state index in [1.807, 2.05) is 6.92 Å². The molecule has 1 aliphatic rings. The van der Waals surface area contributed by atoms with Gasteiger partial charge in [-0.2, -0.15) is 0 Å². The summed E-state index contributed by atoms with van der Waals surface area (Å²) in [5.74, 6) is 4.47. The lowest BCUT2D eigenvalue weighted by Gasteiger charge is -2.26. The van der Waals surface area contributed by atoms with Gasteiger partial charge in [0.05, 0.1) is 5.56 Å². The largest absolute Gasteiger partial charge is 0.573 e. The Morgan fingerprint density at radius 3 is 2.10 bits per heavy atom. The van der Waals surface area contributed by atoms with Gasteiger partial charge in [0.25, 0.3) is 0 Å². The Kier molecular flexibility index (Phi) is 7.02. The zero-order valence-electron chi connectivity index (χ0n) is 16.7. The van der Waals surface area contributed by atoms with E-state index < -0.39 is 18.0 Å². The minimum atomic E-state index is -4.70. The van der Waals surface area contributed by atoms with Crippen molar-refractivity contribution in [2.24, 2.45) is 5.92 Å². The maximum Gasteiger partial charge on any atom is 0.573 e. The maximum atomic E-state index is 14.2. The first-order valence-corrected chi connectivity index (χ1v) is 10.1. The van der Waals surface area contributed by atoms with E-state index in [1.54, 1.807) is 12.1 Å². The lowest BCUT2D eigenvalue weighted by molar-refractivity contribution is -0.274. The van der Waals surface area contributed by atoms with Crippen LogP contribution < -0.4 is 4.74 Å². The van der Waals surface area contributed by atoms with E-state index >= 15 is 0 Å². The molecule has 0 radical (unpaired) electrons. The minimum absolute atomic E-state index is 0.0446. The van der Waals surface area contributed by atoms with Crippen LogP contribution >= 0.6 is 0 Å². The Hall–Kier alpha value is -2.55. The number of alkyl halides is 3. The number of hydrogen-bond donors (Lipinski definition) is 0. The van der Waals surface area contributed by atoms with Crippen LogP contribution in [0.5, 0.6) is 5.75 Å². The summed E-state index contributed by atoms with van der Waals surface area (Å²) in [7, 11) is 0. The van der Waals surface area contributed by atoms with E-state index in [1.165, 1.54) is 24.3 Å². The molecule has 0 heterocycles. The van der Waals surface area contributed by atoms with Gasteiger partial charge in [-0.15, -0.1) is 13.2 Å². The van der Waals surface area contributed by atoms with E-state index in [4.69, 9.17) is 0 Å². The van der Waals surface area contributed by atoms with Gasteiger partial charge in [-0.25, -0.2) is 8.78 Å². The Morgan fingerprint density at radius 2 is 1.57 bits per heavy atom. The van der Waals surface area contributed by atoms with E-state index in [9.17, 15) is 22.0 Å². The molecule has 0 amide bonds. The van der Waals surface area contributed by atoms with Crippen LogP contribution in [0.1, 0.15) is 61.6 Å². The molecule has 0 unspecified atom stereocenters. The summed E-state index contributed by atoms with van der Waals surface area (Å²) in [6.45, 7) is 1.95. The average Bonchev–Trinajstić information content (AvgIpc) is 2.67. The highest BCUT2D eigenvalue weighted by molar-refractivity contribution is 5.40. The lowest BCUT2D eigenvalue weighted by atomic mass is 9.79. The molecule has 6 heteroatoms. The lowest BCUT2D eigenvalue weighted by Crippen LogP contribution is -2.17. The zero-order chi connectivity index (χ0) is 21.7. The summed E-state index contributed by atoms with van der Waals surface area (Å²) < 4.78 is 69.0. The molecule has 1 saturated carbocycles. The second-order valence-electron chi connectivity index (χ2n) is 7.62. The van der Waals surface area contributed by atoms with Gasteiger partial charge in [-0.05, 0) is 73.4 Å². The first kappa shape index (κ1) is 22.1. The fraction of sp³-hybridized carbons (Fsp3) is 0.417. The molecule has 0 bridgehead atoms. The number of halogens is 5. The van der Waals surface area contributed by atoms with Crippen LogP contribution in [0.15, 0.2) is 36.4 Å². The smallest absolute Gasteiger partial charge is 0.406 e. The summed E-state index contributed by atoms with van der Waals surface area (Å²) in [6.07, 6.45) is -0.0860. The van der Waals surface area contributed by atoms with Crippen molar-refractivity contribution in [2.75, 3.05) is 0 Å². The standard InChI is InChI=1S/C24H23F5O/c1-2-3-17-14-22(25)21(23(26)15-17)13-6-16-4-7-18(8-5-16)19-9-11-20(12-10-19)30-24(27,28)29/h9-12,14-16,18H,2-5,7-8H2,1H3/t16-,18-. The molecule has 0 atom stereocenters. The van der Waals surface area contributed by atoms with Crippen LogP contribution in [0.3, 0.4) is 0 Å². The zero-order valence-corrected chi connectivity index (χ0v) is 16.7. The number of aryl methyl sites for hydroxylation is 1. The molecule has 0 saturated heterocycles. The topological polar surface area (TPSA) is 9.23 Å². The second-order valence-corrected chi connectivity index (χ2v) is 7.62. The van der Waals surface area contributed by atoms with Crippen LogP contribution in [0.25, 0.3) is 0 Å². The van der Waals surface area contributed by atoms with Crippen molar-refractivity contribution in [1.29, 1.82) is 0 Å². The van der Waals surface area contributed by atoms with Crippen molar-refractivity contribution in [2.45, 2.75) is 57.7 Å². The fourth-order valence-electron chi connectivity index (χ4n) is 3.87. The van der Waals surface area contributed by atoms with Crippen molar-refractivity contribution in [3.05, 3.63) is 64.7 Å². The number of rotatable bonds is 4. The van der Waals surface area contributed by atoms with Crippen molar-refractivity contribution in [1.82, 2.24) is 0 Å². The highest BCUT2D eigenvalue weighted by Crippen LogP contribution is 2.36. The fourth-order valence-corrected chi connectivity index (χ4v) is 3.87. The van der Waals surface area contributed by atoms with Crippen LogP contribution in [0.4, 0.5) is 22.0 Å². The third-order valence-electron chi connectivity index (χ3n) is 5.35. The Balaban J connectivity index is 1.59. The summed E-state index contributed by atoms with van der Waals surface area (Å²) in [6, 6.07) is 8.64. The minimum Gasteiger partial charge on any atom is -0.406 e. The number of ether oxygens (including phenoxy) is 1. The van der Waals surface area contributed by atoms with Gasteiger partial charge in [0.2, 0.25) is 0 Å². The van der Waals surface area contributed by atoms with E-state index in [0.717, 1.165) is 37.7 Å². The highest BCUT2D eigenvalue weighted by Gasteiger charge is 2.31. The first-order valence-electron chi connectivity index (χ1n) is 10.1. The van der Waals surface area contributed by atoms with E-state index in [0.29, 0.717) is 12.0 Å². The molecule has 0 N–H and O–H groups in total. The van der Waals surface area contributed by atoms with Crippen LogP contribution in [-0.2, 0) is 6.42 Å². The van der Waals surface area contributed by atoms with Crippen LogP contribution in [-0.4, -0.2) is 6.36 Å². The van der Waals surface area contributed by atoms with Gasteiger partial charge in [-0.1, -0.05) is 37.3 Å². The quantitative estimate of drug-likeness (QED) is 0.376.